The maximum atomic E-state index is 10.9. The third-order valence-corrected chi connectivity index (χ3v) is 3.53. The van der Waals surface area contributed by atoms with Crippen molar-refractivity contribution in [2.45, 2.75) is 26.4 Å². The molecule has 3 nitrogen and oxygen atoms in total. The fourth-order valence-corrected chi connectivity index (χ4v) is 2.40. The van der Waals surface area contributed by atoms with Crippen molar-refractivity contribution in [2.75, 3.05) is 5.73 Å². The summed E-state index contributed by atoms with van der Waals surface area (Å²) in [4.78, 5) is 4.01. The molecule has 0 amide bonds. The number of pyridine rings is 1. The van der Waals surface area contributed by atoms with Gasteiger partial charge in [0.2, 0.25) is 0 Å². The molecular weight excluding hydrogens is 260 g/mol. The van der Waals surface area contributed by atoms with Crippen LogP contribution < -0.4 is 5.73 Å². The Bertz CT molecular complexity index is 570. The lowest BCUT2D eigenvalue weighted by Crippen LogP contribution is -2.26. The highest BCUT2D eigenvalue weighted by Gasteiger charge is 2.30. The van der Waals surface area contributed by atoms with Crippen molar-refractivity contribution in [2.24, 2.45) is 0 Å². The topological polar surface area (TPSA) is 59.1 Å². The molecule has 1 heterocycles. The number of nitrogens with zero attached hydrogens (tertiary/aromatic N) is 1. The fraction of sp³-hybridized carbons (Fsp3) is 0.267. The zero-order chi connectivity index (χ0) is 14.2. The van der Waals surface area contributed by atoms with Crippen LogP contribution in [0.15, 0.2) is 30.5 Å². The van der Waals surface area contributed by atoms with Gasteiger partial charge in [-0.25, -0.2) is 4.98 Å². The lowest BCUT2D eigenvalue weighted by atomic mass is 9.85. The van der Waals surface area contributed by atoms with Crippen LogP contribution in [-0.2, 0) is 5.60 Å². The van der Waals surface area contributed by atoms with Gasteiger partial charge in [0.05, 0.1) is 5.02 Å². The summed E-state index contributed by atoms with van der Waals surface area (Å²) in [5.41, 5.74) is 8.05. The van der Waals surface area contributed by atoms with Crippen molar-refractivity contribution >= 4 is 17.4 Å². The summed E-state index contributed by atoms with van der Waals surface area (Å²) in [6.07, 6.45) is 1.47. The van der Waals surface area contributed by atoms with Gasteiger partial charge in [0.1, 0.15) is 11.4 Å². The molecule has 3 N–H and O–H groups in total. The summed E-state index contributed by atoms with van der Waals surface area (Å²) in [7, 11) is 0. The van der Waals surface area contributed by atoms with Crippen LogP contribution in [0.4, 0.5) is 5.82 Å². The number of aromatic nitrogens is 1. The number of halogens is 1. The Hall–Kier alpha value is -1.58. The Morgan fingerprint density at radius 1 is 1.21 bits per heavy atom. The lowest BCUT2D eigenvalue weighted by molar-refractivity contribution is 0.102. The molecule has 4 heteroatoms. The maximum absolute atomic E-state index is 10.9. The Morgan fingerprint density at radius 3 is 2.58 bits per heavy atom. The average Bonchev–Trinajstić information content (AvgIpc) is 2.35. The summed E-state index contributed by atoms with van der Waals surface area (Å²) < 4.78 is 0. The number of benzene rings is 1. The summed E-state index contributed by atoms with van der Waals surface area (Å²) in [5.74, 6) is 0.287. The molecule has 0 bridgehead atoms. The van der Waals surface area contributed by atoms with Crippen LogP contribution in [0.3, 0.4) is 0 Å². The molecule has 0 aliphatic carbocycles. The van der Waals surface area contributed by atoms with Crippen LogP contribution in [0.25, 0.3) is 0 Å². The monoisotopic (exact) mass is 276 g/mol. The standard InChI is InChI=1S/C15H17ClN2O/c1-9-4-5-10(2)12(6-9)15(3,19)13-7-11(16)8-18-14(13)17/h4-8,19H,1-3H3,(H2,17,18). The molecule has 0 fully saturated rings. The Labute approximate surface area is 118 Å². The van der Waals surface area contributed by atoms with Gasteiger partial charge in [-0.15, -0.1) is 0 Å². The molecule has 1 aromatic heterocycles. The van der Waals surface area contributed by atoms with Crippen LogP contribution in [0.1, 0.15) is 29.2 Å². The number of nitrogens with two attached hydrogens (primary N) is 1. The van der Waals surface area contributed by atoms with E-state index in [1.54, 1.807) is 13.0 Å². The lowest BCUT2D eigenvalue weighted by Gasteiger charge is -2.27. The molecule has 19 heavy (non-hydrogen) atoms. The minimum Gasteiger partial charge on any atom is -0.383 e. The van der Waals surface area contributed by atoms with E-state index in [9.17, 15) is 5.11 Å². The third-order valence-electron chi connectivity index (χ3n) is 3.33. The summed E-state index contributed by atoms with van der Waals surface area (Å²) >= 11 is 5.95. The van der Waals surface area contributed by atoms with E-state index in [1.807, 2.05) is 32.0 Å². The fourth-order valence-electron chi connectivity index (χ4n) is 2.25. The molecule has 2 rings (SSSR count). The van der Waals surface area contributed by atoms with E-state index in [-0.39, 0.29) is 5.82 Å². The second-order valence-electron chi connectivity index (χ2n) is 4.98. The maximum Gasteiger partial charge on any atom is 0.129 e. The molecule has 1 unspecified atom stereocenters. The van der Waals surface area contributed by atoms with Gasteiger partial charge in [0, 0.05) is 11.8 Å². The minimum atomic E-state index is -1.22. The minimum absolute atomic E-state index is 0.287. The third kappa shape index (κ3) is 2.57. The zero-order valence-corrected chi connectivity index (χ0v) is 12.0. The molecule has 0 radical (unpaired) electrons. The van der Waals surface area contributed by atoms with Crippen LogP contribution >= 0.6 is 11.6 Å². The predicted molar refractivity (Wildman–Crippen MR) is 78.2 cm³/mol. The first kappa shape index (κ1) is 13.8. The molecule has 0 saturated carbocycles. The smallest absolute Gasteiger partial charge is 0.129 e. The summed E-state index contributed by atoms with van der Waals surface area (Å²) in [6, 6.07) is 7.60. The van der Waals surface area contributed by atoms with Crippen LogP contribution in [0.5, 0.6) is 0 Å². The molecule has 1 atom stereocenters. The molecular formula is C15H17ClN2O. The summed E-state index contributed by atoms with van der Waals surface area (Å²) in [6.45, 7) is 5.65. The van der Waals surface area contributed by atoms with Gasteiger partial charge in [-0.05, 0) is 38.0 Å². The van der Waals surface area contributed by atoms with Gasteiger partial charge < -0.3 is 10.8 Å². The van der Waals surface area contributed by atoms with Gasteiger partial charge in [0.25, 0.3) is 0 Å². The summed E-state index contributed by atoms with van der Waals surface area (Å²) in [5, 5.41) is 11.3. The van der Waals surface area contributed by atoms with E-state index in [2.05, 4.69) is 4.98 Å². The van der Waals surface area contributed by atoms with Crippen LogP contribution in [-0.4, -0.2) is 10.1 Å². The number of nitrogen functional groups attached to an aromatic ring is 1. The van der Waals surface area contributed by atoms with E-state index in [0.29, 0.717) is 10.6 Å². The quantitative estimate of drug-likeness (QED) is 0.886. The van der Waals surface area contributed by atoms with Crippen LogP contribution in [0.2, 0.25) is 5.02 Å². The number of hydrogen-bond acceptors (Lipinski definition) is 3. The first-order valence-corrected chi connectivity index (χ1v) is 6.42. The first-order valence-electron chi connectivity index (χ1n) is 6.04. The molecule has 1 aromatic carbocycles. The molecule has 0 aliphatic rings. The Morgan fingerprint density at radius 2 is 1.89 bits per heavy atom. The molecule has 0 saturated heterocycles. The SMILES string of the molecule is Cc1ccc(C)c(C(C)(O)c2cc(Cl)cnc2N)c1. The first-order chi connectivity index (χ1) is 8.82. The molecule has 0 aliphatic heterocycles. The number of rotatable bonds is 2. The van der Waals surface area contributed by atoms with E-state index in [0.717, 1.165) is 16.7 Å². The van der Waals surface area contributed by atoms with Crippen molar-refractivity contribution in [3.05, 3.63) is 57.7 Å². The second-order valence-corrected chi connectivity index (χ2v) is 5.41. The molecule has 2 aromatic rings. The predicted octanol–water partition coefficient (Wildman–Crippen LogP) is 3.19. The largest absolute Gasteiger partial charge is 0.383 e. The highest BCUT2D eigenvalue weighted by molar-refractivity contribution is 6.30. The van der Waals surface area contributed by atoms with Crippen LogP contribution in [0, 0.1) is 13.8 Å². The van der Waals surface area contributed by atoms with Crippen molar-refractivity contribution in [3.8, 4) is 0 Å². The van der Waals surface area contributed by atoms with Gasteiger partial charge in [-0.1, -0.05) is 35.4 Å². The van der Waals surface area contributed by atoms with E-state index < -0.39 is 5.60 Å². The number of hydrogen-bond donors (Lipinski definition) is 2. The van der Waals surface area contributed by atoms with E-state index in [4.69, 9.17) is 17.3 Å². The Balaban J connectivity index is 2.64. The van der Waals surface area contributed by atoms with Gasteiger partial charge in [-0.3, -0.25) is 0 Å². The molecule has 0 spiro atoms. The number of aryl methyl sites for hydroxylation is 2. The van der Waals surface area contributed by atoms with Crippen molar-refractivity contribution in [3.63, 3.8) is 0 Å². The van der Waals surface area contributed by atoms with Gasteiger partial charge in [0.15, 0.2) is 0 Å². The Kier molecular flexibility index (Phi) is 3.52. The van der Waals surface area contributed by atoms with Gasteiger partial charge >= 0.3 is 0 Å². The van der Waals surface area contributed by atoms with Crippen molar-refractivity contribution < 1.29 is 5.11 Å². The normalized spacial score (nSPS) is 14.2. The van der Waals surface area contributed by atoms with E-state index in [1.165, 1.54) is 6.20 Å². The van der Waals surface area contributed by atoms with Gasteiger partial charge in [-0.2, -0.15) is 0 Å². The average molecular weight is 277 g/mol. The van der Waals surface area contributed by atoms with Crippen molar-refractivity contribution in [1.29, 1.82) is 0 Å². The highest BCUT2D eigenvalue weighted by Crippen LogP contribution is 2.35. The van der Waals surface area contributed by atoms with Crippen molar-refractivity contribution in [1.82, 2.24) is 4.98 Å². The molecule has 100 valence electrons. The van der Waals surface area contributed by atoms with E-state index >= 15 is 0 Å². The second kappa shape index (κ2) is 4.83. The highest BCUT2D eigenvalue weighted by atomic mass is 35.5. The number of aliphatic hydroxyl groups is 1. The zero-order valence-electron chi connectivity index (χ0n) is 11.2. The number of anilines is 1.